The van der Waals surface area contributed by atoms with Gasteiger partial charge in [-0.25, -0.2) is 14.4 Å². The summed E-state index contributed by atoms with van der Waals surface area (Å²) < 4.78 is 24.5. The van der Waals surface area contributed by atoms with Gasteiger partial charge in [-0.3, -0.25) is 4.79 Å². The summed E-state index contributed by atoms with van der Waals surface area (Å²) in [6.45, 7) is 6.87. The average Bonchev–Trinajstić information content (AvgIpc) is 3.42. The molecule has 0 saturated carbocycles. The molecule has 9 nitrogen and oxygen atoms in total. The lowest BCUT2D eigenvalue weighted by Crippen LogP contribution is -2.33. The van der Waals surface area contributed by atoms with Crippen molar-refractivity contribution in [1.82, 2.24) is 19.4 Å². The van der Waals surface area contributed by atoms with E-state index in [4.69, 9.17) is 15.5 Å². The SMILES string of the molecule is CCc1cc(OCC(C)(C)CN(C)C)c(F)c(C(Nc2ccc3c(N)nccc3c2)c2nc(-c3ccccc3)cn2CC(=O)O)c1. The van der Waals surface area contributed by atoms with Crippen LogP contribution in [-0.4, -0.2) is 57.8 Å². The molecule has 2 heterocycles. The fourth-order valence-corrected chi connectivity index (χ4v) is 5.79. The average molecular weight is 625 g/mol. The number of fused-ring (bicyclic) bond motifs is 1. The maximum absolute atomic E-state index is 16.7. The Bertz CT molecular complexity index is 1840. The number of ether oxygens (including phenoxy) is 1. The minimum absolute atomic E-state index is 0.143. The Morgan fingerprint density at radius 3 is 2.59 bits per heavy atom. The lowest BCUT2D eigenvalue weighted by Gasteiger charge is -2.29. The third-order valence-electron chi connectivity index (χ3n) is 7.76. The molecular weight excluding hydrogens is 583 g/mol. The zero-order valence-corrected chi connectivity index (χ0v) is 26.9. The number of pyridine rings is 1. The molecule has 3 aromatic carbocycles. The van der Waals surface area contributed by atoms with Crippen LogP contribution in [0.15, 0.2) is 79.1 Å². The van der Waals surface area contributed by atoms with E-state index in [2.05, 4.69) is 29.0 Å². The van der Waals surface area contributed by atoms with Crippen molar-refractivity contribution in [3.8, 4) is 17.0 Å². The van der Waals surface area contributed by atoms with Crippen LogP contribution in [0.4, 0.5) is 15.9 Å². The number of benzene rings is 3. The van der Waals surface area contributed by atoms with Crippen LogP contribution in [-0.2, 0) is 17.8 Å². The van der Waals surface area contributed by atoms with E-state index in [1.807, 2.05) is 75.6 Å². The fraction of sp³-hybridized carbons (Fsp3) is 0.306. The monoisotopic (exact) mass is 624 g/mol. The first-order valence-electron chi connectivity index (χ1n) is 15.3. The summed E-state index contributed by atoms with van der Waals surface area (Å²) in [5.74, 6) is -0.672. The molecule has 46 heavy (non-hydrogen) atoms. The highest BCUT2D eigenvalue weighted by atomic mass is 19.1. The fourth-order valence-electron chi connectivity index (χ4n) is 5.79. The third kappa shape index (κ3) is 7.46. The summed E-state index contributed by atoms with van der Waals surface area (Å²) in [7, 11) is 3.99. The van der Waals surface area contributed by atoms with E-state index in [1.165, 1.54) is 0 Å². The molecule has 0 radical (unpaired) electrons. The van der Waals surface area contributed by atoms with Gasteiger partial charge in [-0.1, -0.05) is 57.2 Å². The number of carboxylic acids is 1. The highest BCUT2D eigenvalue weighted by molar-refractivity contribution is 5.93. The van der Waals surface area contributed by atoms with Crippen LogP contribution in [0.1, 0.15) is 43.8 Å². The van der Waals surface area contributed by atoms with Crippen molar-refractivity contribution in [3.63, 3.8) is 0 Å². The van der Waals surface area contributed by atoms with Crippen LogP contribution in [0.25, 0.3) is 22.0 Å². The number of nitrogen functional groups attached to an aromatic ring is 1. The van der Waals surface area contributed by atoms with Gasteiger partial charge in [0.15, 0.2) is 11.6 Å². The summed E-state index contributed by atoms with van der Waals surface area (Å²) in [4.78, 5) is 23.2. The highest BCUT2D eigenvalue weighted by Gasteiger charge is 2.29. The largest absolute Gasteiger partial charge is 0.490 e. The molecule has 0 aliphatic rings. The predicted octanol–water partition coefficient (Wildman–Crippen LogP) is 6.63. The zero-order valence-electron chi connectivity index (χ0n) is 26.9. The van der Waals surface area contributed by atoms with Crippen LogP contribution in [0.5, 0.6) is 5.75 Å². The minimum atomic E-state index is -1.04. The van der Waals surface area contributed by atoms with Crippen molar-refractivity contribution in [1.29, 1.82) is 0 Å². The van der Waals surface area contributed by atoms with Gasteiger partial charge in [0.1, 0.15) is 24.2 Å². The van der Waals surface area contributed by atoms with Gasteiger partial charge in [0.2, 0.25) is 0 Å². The molecule has 4 N–H and O–H groups in total. The highest BCUT2D eigenvalue weighted by Crippen LogP contribution is 2.36. The molecule has 0 aliphatic carbocycles. The summed E-state index contributed by atoms with van der Waals surface area (Å²) in [5.41, 5.74) is 9.10. The van der Waals surface area contributed by atoms with Crippen LogP contribution < -0.4 is 15.8 Å². The summed E-state index contributed by atoms with van der Waals surface area (Å²) in [6, 6.07) is 19.6. The van der Waals surface area contributed by atoms with E-state index in [0.29, 0.717) is 41.6 Å². The number of halogens is 1. The Labute approximate surface area is 268 Å². The van der Waals surface area contributed by atoms with E-state index in [0.717, 1.165) is 28.4 Å². The standard InChI is InChI=1S/C36H41FN6O3/c1-6-23-16-28(32(37)30(17-23)46-22-36(2,3)21-42(4)5)33(40-26-12-13-27-25(18-26)14-15-39-34(27)38)35-41-29(19-43(35)20-31(44)45)24-10-8-7-9-11-24/h7-19,33,40H,6,20-22H2,1-5H3,(H2,38,39)(H,44,45). The number of rotatable bonds is 13. The second kappa shape index (κ2) is 13.6. The van der Waals surface area contributed by atoms with Crippen LogP contribution in [0.2, 0.25) is 0 Å². The number of nitrogens with one attached hydrogen (secondary N) is 1. The number of nitrogens with two attached hydrogens (primary N) is 1. The van der Waals surface area contributed by atoms with Gasteiger partial charge in [-0.15, -0.1) is 0 Å². The number of carbonyl (C=O) groups is 1. The van der Waals surface area contributed by atoms with E-state index >= 15 is 4.39 Å². The third-order valence-corrected chi connectivity index (χ3v) is 7.76. The molecule has 240 valence electrons. The molecule has 0 saturated heterocycles. The zero-order chi connectivity index (χ0) is 33.0. The number of aliphatic carboxylic acids is 1. The molecule has 0 fully saturated rings. The Balaban J connectivity index is 1.67. The first-order valence-corrected chi connectivity index (χ1v) is 15.3. The van der Waals surface area contributed by atoms with Crippen LogP contribution >= 0.6 is 0 Å². The molecular formula is C36H41FN6O3. The Morgan fingerprint density at radius 2 is 1.89 bits per heavy atom. The van der Waals surface area contributed by atoms with Gasteiger partial charge in [-0.2, -0.15) is 0 Å². The molecule has 5 aromatic rings. The first-order chi connectivity index (χ1) is 21.9. The molecule has 10 heteroatoms. The Morgan fingerprint density at radius 1 is 1.13 bits per heavy atom. The van der Waals surface area contributed by atoms with Crippen LogP contribution in [0.3, 0.4) is 0 Å². The van der Waals surface area contributed by atoms with Crippen molar-refractivity contribution < 1.29 is 19.0 Å². The number of nitrogens with zero attached hydrogens (tertiary/aromatic N) is 4. The second-order valence-corrected chi connectivity index (χ2v) is 12.6. The van der Waals surface area contributed by atoms with Crippen molar-refractivity contribution in [2.75, 3.05) is 38.3 Å². The number of hydrogen-bond acceptors (Lipinski definition) is 7. The molecule has 1 unspecified atom stereocenters. The van der Waals surface area contributed by atoms with Gasteiger partial charge < -0.3 is 30.4 Å². The maximum Gasteiger partial charge on any atom is 0.323 e. The van der Waals surface area contributed by atoms with E-state index < -0.39 is 17.8 Å². The predicted molar refractivity (Wildman–Crippen MR) is 181 cm³/mol. The molecule has 1 atom stereocenters. The van der Waals surface area contributed by atoms with Crippen molar-refractivity contribution in [3.05, 3.63) is 102 Å². The summed E-state index contributed by atoms with van der Waals surface area (Å²) in [6.07, 6.45) is 3.97. The number of imidazole rings is 1. The quantitative estimate of drug-likeness (QED) is 0.134. The van der Waals surface area contributed by atoms with Gasteiger partial charge in [0.05, 0.1) is 12.3 Å². The lowest BCUT2D eigenvalue weighted by atomic mass is 9.94. The number of anilines is 2. The lowest BCUT2D eigenvalue weighted by molar-refractivity contribution is -0.137. The molecule has 5 rings (SSSR count). The van der Waals surface area contributed by atoms with Gasteiger partial charge in [0.25, 0.3) is 0 Å². The van der Waals surface area contributed by atoms with E-state index in [1.54, 1.807) is 29.1 Å². The number of carboxylic acid groups (broad SMARTS) is 1. The second-order valence-electron chi connectivity index (χ2n) is 12.6. The molecule has 0 spiro atoms. The summed E-state index contributed by atoms with van der Waals surface area (Å²) >= 11 is 0. The van der Waals surface area contributed by atoms with Gasteiger partial charge >= 0.3 is 5.97 Å². The van der Waals surface area contributed by atoms with Gasteiger partial charge in [-0.05, 0) is 61.8 Å². The van der Waals surface area contributed by atoms with Gasteiger partial charge in [0, 0.05) is 46.6 Å². The first kappa shape index (κ1) is 32.4. The molecule has 0 bridgehead atoms. The number of aromatic nitrogens is 3. The van der Waals surface area contributed by atoms with Crippen molar-refractivity contribution in [2.24, 2.45) is 5.41 Å². The van der Waals surface area contributed by atoms with Crippen molar-refractivity contribution in [2.45, 2.75) is 39.8 Å². The number of aryl methyl sites for hydroxylation is 1. The smallest absolute Gasteiger partial charge is 0.323 e. The van der Waals surface area contributed by atoms with Crippen LogP contribution in [0, 0.1) is 11.2 Å². The molecule has 0 amide bonds. The normalized spacial score (nSPS) is 12.4. The molecule has 2 aromatic heterocycles. The Hall–Kier alpha value is -4.96. The van der Waals surface area contributed by atoms with E-state index in [9.17, 15) is 9.90 Å². The summed E-state index contributed by atoms with van der Waals surface area (Å²) in [5, 5.41) is 15.0. The van der Waals surface area contributed by atoms with E-state index in [-0.39, 0.29) is 17.7 Å². The topological polar surface area (TPSA) is 119 Å². The Kier molecular flexibility index (Phi) is 9.57. The number of hydrogen-bond donors (Lipinski definition) is 3. The molecule has 0 aliphatic heterocycles. The van der Waals surface area contributed by atoms with Crippen molar-refractivity contribution >= 4 is 28.2 Å². The minimum Gasteiger partial charge on any atom is -0.490 e. The maximum atomic E-state index is 16.7.